The van der Waals surface area contributed by atoms with E-state index in [2.05, 4.69) is 10.4 Å². The van der Waals surface area contributed by atoms with Gasteiger partial charge in [-0.15, -0.1) is 0 Å². The highest BCUT2D eigenvalue weighted by Gasteiger charge is 2.25. The number of nitrogens with zero attached hydrogens (tertiary/aromatic N) is 4. The predicted molar refractivity (Wildman–Crippen MR) is 131 cm³/mol. The van der Waals surface area contributed by atoms with Gasteiger partial charge in [0.05, 0.1) is 34.2 Å². The summed E-state index contributed by atoms with van der Waals surface area (Å²) in [6.45, 7) is 8.47. The third-order valence-electron chi connectivity index (χ3n) is 6.13. The maximum Gasteiger partial charge on any atom is 0.256 e. The van der Waals surface area contributed by atoms with Gasteiger partial charge in [-0.2, -0.15) is 5.10 Å². The number of fused-ring (bicyclic) bond motifs is 1. The minimum Gasteiger partial charge on any atom is -0.466 e. The second kappa shape index (κ2) is 8.44. The first-order valence-electron chi connectivity index (χ1n) is 11.5. The lowest BCUT2D eigenvalue weighted by Gasteiger charge is -2.20. The molecule has 174 valence electrons. The molecule has 1 N–H and O–H groups in total. The molecule has 0 atom stereocenters. The number of benzene rings is 1. The fourth-order valence-electron chi connectivity index (χ4n) is 4.51. The molecule has 1 saturated heterocycles. The Morgan fingerprint density at radius 2 is 1.97 bits per heavy atom. The van der Waals surface area contributed by atoms with Crippen LogP contribution < -0.4 is 10.2 Å². The molecule has 8 nitrogen and oxygen atoms in total. The molecule has 8 heteroatoms. The molecule has 5 rings (SSSR count). The highest BCUT2D eigenvalue weighted by molar-refractivity contribution is 6.14. The van der Waals surface area contributed by atoms with E-state index in [1.165, 1.54) is 0 Å². The smallest absolute Gasteiger partial charge is 0.256 e. The van der Waals surface area contributed by atoms with Crippen LogP contribution in [0.25, 0.3) is 22.3 Å². The van der Waals surface area contributed by atoms with E-state index in [0.717, 1.165) is 23.5 Å². The molecule has 0 unspecified atom stereocenters. The van der Waals surface area contributed by atoms with E-state index in [0.29, 0.717) is 46.6 Å². The largest absolute Gasteiger partial charge is 0.466 e. The molecule has 1 aliphatic heterocycles. The van der Waals surface area contributed by atoms with Gasteiger partial charge in [0.15, 0.2) is 5.65 Å². The molecule has 0 bridgehead atoms. The van der Waals surface area contributed by atoms with E-state index >= 15 is 0 Å². The number of carbonyl (C=O) groups excluding carboxylic acids is 2. The summed E-state index contributed by atoms with van der Waals surface area (Å²) in [4.78, 5) is 32.6. The van der Waals surface area contributed by atoms with E-state index in [-0.39, 0.29) is 17.9 Å². The number of aryl methyl sites for hydroxylation is 2. The van der Waals surface area contributed by atoms with Gasteiger partial charge in [-0.1, -0.05) is 12.1 Å². The van der Waals surface area contributed by atoms with Crippen LogP contribution in [0.3, 0.4) is 0 Å². The van der Waals surface area contributed by atoms with Crippen LogP contribution in [-0.2, 0) is 4.79 Å². The number of amides is 2. The second-order valence-electron chi connectivity index (χ2n) is 8.92. The second-order valence-corrected chi connectivity index (χ2v) is 8.92. The summed E-state index contributed by atoms with van der Waals surface area (Å²) in [6.07, 6.45) is 3.02. The van der Waals surface area contributed by atoms with Crippen LogP contribution in [0, 0.1) is 13.8 Å². The number of anilines is 2. The van der Waals surface area contributed by atoms with Crippen molar-refractivity contribution in [2.24, 2.45) is 0 Å². The van der Waals surface area contributed by atoms with Crippen LogP contribution in [-0.4, -0.2) is 33.1 Å². The zero-order chi connectivity index (χ0) is 24.0. The molecule has 0 spiro atoms. The van der Waals surface area contributed by atoms with E-state index in [1.807, 2.05) is 62.7 Å². The number of pyridine rings is 1. The predicted octanol–water partition coefficient (Wildman–Crippen LogP) is 5.27. The third kappa shape index (κ3) is 3.75. The van der Waals surface area contributed by atoms with Crippen molar-refractivity contribution in [3.8, 4) is 11.3 Å². The summed E-state index contributed by atoms with van der Waals surface area (Å²) in [6, 6.07) is 11.2. The summed E-state index contributed by atoms with van der Waals surface area (Å²) in [5, 5.41) is 8.20. The Bertz CT molecular complexity index is 1420. The quantitative estimate of drug-likeness (QED) is 0.441. The Kier molecular flexibility index (Phi) is 5.43. The Hall–Kier alpha value is -3.94. The van der Waals surface area contributed by atoms with Crippen LogP contribution in [0.2, 0.25) is 0 Å². The van der Waals surface area contributed by atoms with Crippen molar-refractivity contribution in [2.45, 2.75) is 46.6 Å². The average molecular weight is 458 g/mol. The molecular weight excluding hydrogens is 430 g/mol. The lowest BCUT2D eigenvalue weighted by atomic mass is 10.1. The topological polar surface area (TPSA) is 93.3 Å². The first-order chi connectivity index (χ1) is 16.3. The molecule has 0 aliphatic carbocycles. The van der Waals surface area contributed by atoms with Crippen LogP contribution >= 0.6 is 0 Å². The molecule has 3 aromatic heterocycles. The molecule has 1 fully saturated rings. The number of nitrogens with one attached hydrogen (secondary N) is 1. The maximum absolute atomic E-state index is 13.6. The van der Waals surface area contributed by atoms with E-state index < -0.39 is 0 Å². The third-order valence-corrected chi connectivity index (χ3v) is 6.13. The maximum atomic E-state index is 13.6. The average Bonchev–Trinajstić information content (AvgIpc) is 3.51. The van der Waals surface area contributed by atoms with Gasteiger partial charge in [-0.05, 0) is 58.4 Å². The molecule has 34 heavy (non-hydrogen) atoms. The molecule has 0 radical (unpaired) electrons. The molecule has 4 heterocycles. The zero-order valence-electron chi connectivity index (χ0n) is 19.8. The summed E-state index contributed by atoms with van der Waals surface area (Å²) >= 11 is 0. The lowest BCUT2D eigenvalue weighted by molar-refractivity contribution is -0.117. The van der Waals surface area contributed by atoms with Gasteiger partial charge in [-0.25, -0.2) is 9.67 Å². The zero-order valence-corrected chi connectivity index (χ0v) is 19.8. The SMILES string of the molecule is Cc1cc(-c2cc(C(=O)Nc3ccccc3N3CCCC3=O)c3cnn(C(C)C)c3n2)c(C)o1. The number of furan rings is 1. The monoisotopic (exact) mass is 457 g/mol. The van der Waals surface area contributed by atoms with Gasteiger partial charge in [-0.3, -0.25) is 9.59 Å². The van der Waals surface area contributed by atoms with E-state index in [9.17, 15) is 9.59 Å². The molecule has 1 aliphatic rings. The van der Waals surface area contributed by atoms with E-state index in [4.69, 9.17) is 9.40 Å². The van der Waals surface area contributed by atoms with Gasteiger partial charge in [0.2, 0.25) is 5.91 Å². The van der Waals surface area contributed by atoms with Crippen LogP contribution in [0.1, 0.15) is 54.6 Å². The fourth-order valence-corrected chi connectivity index (χ4v) is 4.51. The molecule has 1 aromatic carbocycles. The first kappa shape index (κ1) is 21.9. The molecule has 4 aromatic rings. The number of carbonyl (C=O) groups is 2. The number of rotatable bonds is 5. The molecule has 2 amide bonds. The van der Waals surface area contributed by atoms with Crippen LogP contribution in [0.5, 0.6) is 0 Å². The van der Waals surface area contributed by atoms with Crippen molar-refractivity contribution < 1.29 is 14.0 Å². The Labute approximate surface area is 197 Å². The number of hydrogen-bond acceptors (Lipinski definition) is 5. The summed E-state index contributed by atoms with van der Waals surface area (Å²) < 4.78 is 7.53. The van der Waals surface area contributed by atoms with Gasteiger partial charge < -0.3 is 14.6 Å². The van der Waals surface area contributed by atoms with Crippen molar-refractivity contribution in [2.75, 3.05) is 16.8 Å². The fraction of sp³-hybridized carbons (Fsp3) is 0.308. The van der Waals surface area contributed by atoms with Gasteiger partial charge >= 0.3 is 0 Å². The summed E-state index contributed by atoms with van der Waals surface area (Å²) in [5.74, 6) is 1.31. The van der Waals surface area contributed by atoms with E-state index in [1.54, 1.807) is 17.2 Å². The number of hydrogen-bond donors (Lipinski definition) is 1. The summed E-state index contributed by atoms with van der Waals surface area (Å²) in [7, 11) is 0. The lowest BCUT2D eigenvalue weighted by Crippen LogP contribution is -2.25. The van der Waals surface area contributed by atoms with Crippen molar-refractivity contribution >= 4 is 34.2 Å². The van der Waals surface area contributed by atoms with Crippen molar-refractivity contribution in [3.63, 3.8) is 0 Å². The Morgan fingerprint density at radius 3 is 2.65 bits per heavy atom. The van der Waals surface area contributed by atoms with Crippen molar-refractivity contribution in [1.82, 2.24) is 14.8 Å². The highest BCUT2D eigenvalue weighted by atomic mass is 16.3. The highest BCUT2D eigenvalue weighted by Crippen LogP contribution is 2.33. The number of para-hydroxylation sites is 2. The van der Waals surface area contributed by atoms with Crippen LogP contribution in [0.4, 0.5) is 11.4 Å². The van der Waals surface area contributed by atoms with Crippen molar-refractivity contribution in [3.05, 3.63) is 59.7 Å². The first-order valence-corrected chi connectivity index (χ1v) is 11.5. The van der Waals surface area contributed by atoms with Gasteiger partial charge in [0.25, 0.3) is 5.91 Å². The number of aromatic nitrogens is 3. The molecule has 0 saturated carbocycles. The summed E-state index contributed by atoms with van der Waals surface area (Å²) in [5.41, 5.74) is 3.90. The standard InChI is InChI=1S/C26H27N5O3/c1-15(2)31-25-20(14-27-31)19(13-22(28-25)18-12-16(3)34-17(18)4)26(33)29-21-8-5-6-9-23(21)30-11-7-10-24(30)32/h5-6,8-9,12-15H,7,10-11H2,1-4H3,(H,29,33). The van der Waals surface area contributed by atoms with Gasteiger partial charge in [0, 0.05) is 24.6 Å². The Morgan fingerprint density at radius 1 is 1.18 bits per heavy atom. The van der Waals surface area contributed by atoms with Crippen molar-refractivity contribution in [1.29, 1.82) is 0 Å². The normalized spacial score (nSPS) is 13.9. The van der Waals surface area contributed by atoms with Gasteiger partial charge in [0.1, 0.15) is 11.5 Å². The minimum absolute atomic E-state index is 0.0688. The van der Waals surface area contributed by atoms with Crippen LogP contribution in [0.15, 0.2) is 47.0 Å². The Balaban J connectivity index is 1.61. The molecular formula is C26H27N5O3. The minimum atomic E-state index is -0.283.